The van der Waals surface area contributed by atoms with E-state index in [1.54, 1.807) is 18.2 Å². The van der Waals surface area contributed by atoms with E-state index in [0.29, 0.717) is 17.9 Å². The molecule has 1 saturated heterocycles. The molecule has 2 aromatic carbocycles. The van der Waals surface area contributed by atoms with Gasteiger partial charge in [0.1, 0.15) is 16.7 Å². The molecular formula is C21H19ClN4O3S. The van der Waals surface area contributed by atoms with Gasteiger partial charge in [-0.1, -0.05) is 41.9 Å². The second-order valence-electron chi connectivity index (χ2n) is 7.01. The van der Waals surface area contributed by atoms with Crippen molar-refractivity contribution in [2.75, 3.05) is 18.9 Å². The summed E-state index contributed by atoms with van der Waals surface area (Å²) in [5, 5.41) is 4.45. The van der Waals surface area contributed by atoms with Crippen LogP contribution in [0, 0.1) is 0 Å². The number of halogens is 1. The lowest BCUT2D eigenvalue weighted by Gasteiger charge is -2.11. The van der Waals surface area contributed by atoms with E-state index in [1.165, 1.54) is 12.1 Å². The molecule has 1 aliphatic rings. The number of carbonyl (C=O) groups is 1. The van der Waals surface area contributed by atoms with Gasteiger partial charge < -0.3 is 10.2 Å². The summed E-state index contributed by atoms with van der Waals surface area (Å²) in [6.45, 7) is 0.783. The molecule has 1 amide bonds. The normalized spacial score (nSPS) is 15.7. The van der Waals surface area contributed by atoms with Crippen LogP contribution in [0.1, 0.15) is 23.3 Å². The maximum Gasteiger partial charge on any atom is 0.284 e. The average molecular weight is 443 g/mol. The Morgan fingerprint density at radius 2 is 1.97 bits per heavy atom. The minimum Gasteiger partial charge on any atom is -0.362 e. The van der Waals surface area contributed by atoms with Crippen molar-refractivity contribution in [2.45, 2.75) is 17.7 Å². The molecule has 1 aromatic heterocycles. The number of aromatic nitrogens is 1. The molecule has 7 nitrogen and oxygen atoms in total. The zero-order valence-electron chi connectivity index (χ0n) is 16.2. The van der Waals surface area contributed by atoms with Gasteiger partial charge in [-0.15, -0.1) is 4.40 Å². The number of benzene rings is 2. The van der Waals surface area contributed by atoms with Crippen molar-refractivity contribution in [3.63, 3.8) is 0 Å². The Morgan fingerprint density at radius 1 is 1.17 bits per heavy atom. The zero-order chi connectivity index (χ0) is 21.3. The van der Waals surface area contributed by atoms with Gasteiger partial charge in [0.05, 0.1) is 4.90 Å². The number of hydrogen-bond donors (Lipinski definition) is 1. The van der Waals surface area contributed by atoms with Crippen molar-refractivity contribution in [1.29, 1.82) is 0 Å². The minimum atomic E-state index is -3.88. The lowest BCUT2D eigenvalue weighted by Crippen LogP contribution is -2.20. The summed E-state index contributed by atoms with van der Waals surface area (Å²) in [5.41, 5.74) is 0.465. The lowest BCUT2D eigenvalue weighted by atomic mass is 10.1. The molecule has 30 heavy (non-hydrogen) atoms. The second-order valence-corrected chi connectivity index (χ2v) is 8.97. The molecule has 0 aliphatic carbocycles. The molecule has 9 heteroatoms. The number of fused-ring (bicyclic) bond motifs is 1. The van der Waals surface area contributed by atoms with Crippen LogP contribution >= 0.6 is 11.6 Å². The number of hydrogen-bond acceptors (Lipinski definition) is 4. The van der Waals surface area contributed by atoms with Gasteiger partial charge in [0, 0.05) is 31.1 Å². The van der Waals surface area contributed by atoms with Crippen LogP contribution in [0.3, 0.4) is 0 Å². The molecule has 0 atom stereocenters. The van der Waals surface area contributed by atoms with Gasteiger partial charge in [-0.3, -0.25) is 4.79 Å². The van der Waals surface area contributed by atoms with Crippen LogP contribution in [0.15, 0.2) is 63.9 Å². The number of carbonyl (C=O) groups excluding carboxylic acids is 1. The van der Waals surface area contributed by atoms with Gasteiger partial charge in [-0.05, 0) is 36.1 Å². The first-order chi connectivity index (χ1) is 14.3. The Labute approximate surface area is 179 Å². The van der Waals surface area contributed by atoms with Gasteiger partial charge >= 0.3 is 0 Å². The maximum atomic E-state index is 12.7. The summed E-state index contributed by atoms with van der Waals surface area (Å²) in [6, 6.07) is 15.0. The summed E-state index contributed by atoms with van der Waals surface area (Å²) >= 11 is 6.20. The summed E-state index contributed by atoms with van der Waals surface area (Å²) in [6.07, 6.45) is 1.50. The predicted octanol–water partition coefficient (Wildman–Crippen LogP) is 3.95. The number of pyridine rings is 1. The standard InChI is InChI=1S/C21H19ClN4O3S/c1-26-11-5-10-19(26)25-30(28,29)16-8-4-7-15(13-16)23-21(27)18-12-14-6-2-3-9-17(14)20(22)24-18/h2-4,6-9,12-13H,5,10-11H2,1H3,(H,23,27). The van der Waals surface area contributed by atoms with Gasteiger partial charge in [0.2, 0.25) is 0 Å². The highest BCUT2D eigenvalue weighted by Crippen LogP contribution is 2.24. The quantitative estimate of drug-likeness (QED) is 0.617. The van der Waals surface area contributed by atoms with Crippen LogP contribution < -0.4 is 5.32 Å². The van der Waals surface area contributed by atoms with Crippen LogP contribution in [-0.2, 0) is 10.0 Å². The largest absolute Gasteiger partial charge is 0.362 e. The molecule has 0 bridgehead atoms. The van der Waals surface area contributed by atoms with Gasteiger partial charge in [0.15, 0.2) is 0 Å². The maximum absolute atomic E-state index is 12.7. The third kappa shape index (κ3) is 4.15. The first-order valence-electron chi connectivity index (χ1n) is 9.35. The van der Waals surface area contributed by atoms with E-state index in [0.717, 1.165) is 23.7 Å². The third-order valence-electron chi connectivity index (χ3n) is 4.88. The Kier molecular flexibility index (Phi) is 5.44. The molecule has 2 heterocycles. The molecule has 3 aromatic rings. The van der Waals surface area contributed by atoms with Crippen molar-refractivity contribution in [2.24, 2.45) is 4.40 Å². The predicted molar refractivity (Wildman–Crippen MR) is 118 cm³/mol. The minimum absolute atomic E-state index is 0.0117. The van der Waals surface area contributed by atoms with Crippen molar-refractivity contribution < 1.29 is 13.2 Å². The molecule has 154 valence electrons. The summed E-state index contributed by atoms with van der Waals surface area (Å²) in [4.78, 5) is 18.7. The summed E-state index contributed by atoms with van der Waals surface area (Å²) < 4.78 is 29.3. The van der Waals surface area contributed by atoms with E-state index in [1.807, 2.05) is 36.2 Å². The fourth-order valence-electron chi connectivity index (χ4n) is 3.30. The second kappa shape index (κ2) is 8.04. The number of amides is 1. The number of likely N-dealkylation sites (tertiary alicyclic amines) is 1. The molecule has 0 saturated carbocycles. The monoisotopic (exact) mass is 442 g/mol. The van der Waals surface area contributed by atoms with Crippen LogP contribution in [0.25, 0.3) is 10.8 Å². The van der Waals surface area contributed by atoms with Crippen LogP contribution in [0.5, 0.6) is 0 Å². The van der Waals surface area contributed by atoms with Crippen molar-refractivity contribution in [1.82, 2.24) is 9.88 Å². The van der Waals surface area contributed by atoms with Crippen LogP contribution in [0.2, 0.25) is 5.15 Å². The Morgan fingerprint density at radius 3 is 2.73 bits per heavy atom. The van der Waals surface area contributed by atoms with Crippen LogP contribution in [0.4, 0.5) is 5.69 Å². The highest BCUT2D eigenvalue weighted by Gasteiger charge is 2.21. The number of nitrogens with one attached hydrogen (secondary N) is 1. The van der Waals surface area contributed by atoms with Gasteiger partial charge in [-0.2, -0.15) is 8.42 Å². The molecule has 1 aliphatic heterocycles. The topological polar surface area (TPSA) is 91.7 Å². The summed E-state index contributed by atoms with van der Waals surface area (Å²) in [5.74, 6) is 0.0542. The number of anilines is 1. The van der Waals surface area contributed by atoms with E-state index in [9.17, 15) is 13.2 Å². The Balaban J connectivity index is 1.60. The number of sulfonamides is 1. The number of amidine groups is 1. The third-order valence-corrected chi connectivity index (χ3v) is 6.47. The fraction of sp³-hybridized carbons (Fsp3) is 0.190. The average Bonchev–Trinajstić information content (AvgIpc) is 3.12. The van der Waals surface area contributed by atoms with Crippen molar-refractivity contribution in [3.05, 3.63) is 65.4 Å². The molecular weight excluding hydrogens is 424 g/mol. The fourth-order valence-corrected chi connectivity index (χ4v) is 4.71. The van der Waals surface area contributed by atoms with Crippen LogP contribution in [-0.4, -0.2) is 43.6 Å². The molecule has 0 radical (unpaired) electrons. The zero-order valence-corrected chi connectivity index (χ0v) is 17.7. The molecule has 1 N–H and O–H groups in total. The first kappa shape index (κ1) is 20.3. The molecule has 0 spiro atoms. The number of nitrogens with zero attached hydrogens (tertiary/aromatic N) is 3. The highest BCUT2D eigenvalue weighted by atomic mass is 35.5. The summed E-state index contributed by atoms with van der Waals surface area (Å²) in [7, 11) is -2.06. The molecule has 4 rings (SSSR count). The van der Waals surface area contributed by atoms with Gasteiger partial charge in [-0.25, -0.2) is 4.98 Å². The van der Waals surface area contributed by atoms with E-state index >= 15 is 0 Å². The molecule has 1 fully saturated rings. The van der Waals surface area contributed by atoms with Crippen molar-refractivity contribution in [3.8, 4) is 0 Å². The van der Waals surface area contributed by atoms with E-state index in [-0.39, 0.29) is 15.7 Å². The Hall–Kier alpha value is -2.97. The van der Waals surface area contributed by atoms with Crippen molar-refractivity contribution >= 4 is 49.8 Å². The lowest BCUT2D eigenvalue weighted by molar-refractivity contribution is 0.102. The smallest absolute Gasteiger partial charge is 0.284 e. The van der Waals surface area contributed by atoms with Gasteiger partial charge in [0.25, 0.3) is 15.9 Å². The van der Waals surface area contributed by atoms with E-state index < -0.39 is 15.9 Å². The molecule has 0 unspecified atom stereocenters. The van der Waals surface area contributed by atoms with E-state index in [4.69, 9.17) is 11.6 Å². The SMILES string of the molecule is CN1CCCC1=NS(=O)(=O)c1cccc(NC(=O)c2cc3ccccc3c(Cl)n2)c1. The Bertz CT molecular complexity index is 1270. The van der Waals surface area contributed by atoms with E-state index in [2.05, 4.69) is 14.7 Å². The highest BCUT2D eigenvalue weighted by molar-refractivity contribution is 7.90. The first-order valence-corrected chi connectivity index (χ1v) is 11.2. The number of rotatable bonds is 4.